The van der Waals surface area contributed by atoms with Gasteiger partial charge in [0.05, 0.1) is 17.6 Å². The molecule has 0 bridgehead atoms. The maximum Gasteiger partial charge on any atom is 0.295 e. The molecule has 0 aliphatic heterocycles. The summed E-state index contributed by atoms with van der Waals surface area (Å²) < 4.78 is 32.6. The van der Waals surface area contributed by atoms with Crippen molar-refractivity contribution in [2.24, 2.45) is 0 Å². The molecule has 0 aliphatic rings. The minimum Gasteiger partial charge on any atom is -0.487 e. The van der Waals surface area contributed by atoms with Crippen LogP contribution in [0.25, 0.3) is 11.4 Å². The van der Waals surface area contributed by atoms with Crippen LogP contribution in [0.3, 0.4) is 0 Å². The Kier molecular flexibility index (Phi) is 4.52. The number of nitrogens with one attached hydrogen (secondary N) is 1. The van der Waals surface area contributed by atoms with E-state index >= 15 is 0 Å². The maximum atomic E-state index is 13.5. The summed E-state index contributed by atoms with van der Waals surface area (Å²) in [6.45, 7) is -1.10. The van der Waals surface area contributed by atoms with Gasteiger partial charge in [-0.3, -0.25) is 10.1 Å². The second kappa shape index (κ2) is 6.76. The second-order valence-electron chi connectivity index (χ2n) is 5.20. The van der Waals surface area contributed by atoms with E-state index in [-0.39, 0.29) is 12.2 Å². The number of hydrogen-bond acceptors (Lipinski definition) is 4. The first-order chi connectivity index (χ1) is 11.6. The molecule has 3 rings (SSSR count). The Hall–Kier alpha value is -2.80. The molecule has 24 heavy (non-hydrogen) atoms. The highest BCUT2D eigenvalue weighted by Crippen LogP contribution is 2.28. The van der Waals surface area contributed by atoms with Crippen LogP contribution in [0.5, 0.6) is 5.75 Å². The molecule has 0 aliphatic carbocycles. The molecule has 0 spiro atoms. The van der Waals surface area contributed by atoms with Gasteiger partial charge in [0, 0.05) is 11.8 Å². The molecule has 0 atom stereocenters. The Morgan fingerprint density at radius 1 is 1.17 bits per heavy atom. The van der Waals surface area contributed by atoms with E-state index in [0.29, 0.717) is 11.3 Å². The van der Waals surface area contributed by atoms with Crippen LogP contribution < -0.4 is 4.74 Å². The van der Waals surface area contributed by atoms with E-state index in [1.165, 1.54) is 18.2 Å². The summed E-state index contributed by atoms with van der Waals surface area (Å²) in [7, 11) is 0. The van der Waals surface area contributed by atoms with Gasteiger partial charge in [-0.25, -0.2) is 0 Å². The minimum absolute atomic E-state index is 0.125. The lowest BCUT2D eigenvalue weighted by molar-refractivity contribution is -0.0557. The number of nitrogens with zero attached hydrogens (tertiary/aromatic N) is 2. The molecule has 0 unspecified atom stereocenters. The van der Waals surface area contributed by atoms with Crippen molar-refractivity contribution >= 4 is 0 Å². The zero-order valence-electron chi connectivity index (χ0n) is 12.6. The average Bonchev–Trinajstić information content (AvgIpc) is 3.15. The lowest BCUT2D eigenvalue weighted by atomic mass is 10.1. The lowest BCUT2D eigenvalue weighted by Crippen LogP contribution is -2.18. The molecular formula is C17H15F2N3O2. The first kappa shape index (κ1) is 16.1. The zero-order valence-corrected chi connectivity index (χ0v) is 12.6. The third-order valence-electron chi connectivity index (χ3n) is 3.47. The fraction of sp³-hybridized carbons (Fsp3) is 0.176. The SMILES string of the molecule is OCC(F)(F)c1cccc(COc2ccc(-c3ccn[nH]3)nc2)c1. The standard InChI is InChI=1S/C17H15F2N3O2/c18-17(19,11-23)13-3-1-2-12(8-13)10-24-14-4-5-15(20-9-14)16-6-7-21-22-16/h1-9,23H,10-11H2,(H,21,22). The average molecular weight is 331 g/mol. The van der Waals surface area contributed by atoms with Crippen molar-refractivity contribution in [1.82, 2.24) is 15.2 Å². The predicted molar refractivity (Wildman–Crippen MR) is 83.6 cm³/mol. The van der Waals surface area contributed by atoms with Crippen LogP contribution in [0.4, 0.5) is 8.78 Å². The largest absolute Gasteiger partial charge is 0.487 e. The molecule has 0 fully saturated rings. The Morgan fingerprint density at radius 3 is 2.71 bits per heavy atom. The molecule has 2 N–H and O–H groups in total. The quantitative estimate of drug-likeness (QED) is 0.728. The van der Waals surface area contributed by atoms with Gasteiger partial charge < -0.3 is 9.84 Å². The third kappa shape index (κ3) is 3.57. The molecule has 124 valence electrons. The summed E-state index contributed by atoms with van der Waals surface area (Å²) >= 11 is 0. The fourth-order valence-electron chi connectivity index (χ4n) is 2.17. The van der Waals surface area contributed by atoms with Gasteiger partial charge >= 0.3 is 0 Å². The van der Waals surface area contributed by atoms with Gasteiger partial charge in [0.2, 0.25) is 0 Å². The third-order valence-corrected chi connectivity index (χ3v) is 3.47. The lowest BCUT2D eigenvalue weighted by Gasteiger charge is -2.14. The summed E-state index contributed by atoms with van der Waals surface area (Å²) in [5.74, 6) is -2.74. The Morgan fingerprint density at radius 2 is 2.04 bits per heavy atom. The van der Waals surface area contributed by atoms with Crippen molar-refractivity contribution in [3.63, 3.8) is 0 Å². The Labute approximate surface area is 136 Å². The number of halogens is 2. The highest BCUT2D eigenvalue weighted by molar-refractivity contribution is 5.53. The van der Waals surface area contributed by atoms with Crippen molar-refractivity contribution in [3.05, 3.63) is 66.0 Å². The number of alkyl halides is 2. The molecule has 5 nitrogen and oxygen atoms in total. The van der Waals surface area contributed by atoms with E-state index < -0.39 is 12.5 Å². The van der Waals surface area contributed by atoms with Crippen LogP contribution in [-0.4, -0.2) is 26.9 Å². The monoisotopic (exact) mass is 331 g/mol. The van der Waals surface area contributed by atoms with Crippen LogP contribution in [0, 0.1) is 0 Å². The topological polar surface area (TPSA) is 71.0 Å². The van der Waals surface area contributed by atoms with Crippen LogP contribution in [-0.2, 0) is 12.5 Å². The highest BCUT2D eigenvalue weighted by Gasteiger charge is 2.30. The highest BCUT2D eigenvalue weighted by atomic mass is 19.3. The van der Waals surface area contributed by atoms with Crippen LogP contribution in [0.15, 0.2) is 54.9 Å². The first-order valence-electron chi connectivity index (χ1n) is 7.25. The second-order valence-corrected chi connectivity index (χ2v) is 5.20. The van der Waals surface area contributed by atoms with Crippen molar-refractivity contribution in [2.45, 2.75) is 12.5 Å². The van der Waals surface area contributed by atoms with Gasteiger partial charge in [0.25, 0.3) is 5.92 Å². The van der Waals surface area contributed by atoms with Gasteiger partial charge in [-0.2, -0.15) is 13.9 Å². The molecule has 1 aromatic carbocycles. The van der Waals surface area contributed by atoms with Gasteiger partial charge in [0.15, 0.2) is 0 Å². The van der Waals surface area contributed by atoms with E-state index in [2.05, 4.69) is 15.2 Å². The normalized spacial score (nSPS) is 11.5. The van der Waals surface area contributed by atoms with Crippen LogP contribution in [0.1, 0.15) is 11.1 Å². The smallest absolute Gasteiger partial charge is 0.295 e. The van der Waals surface area contributed by atoms with E-state index in [0.717, 1.165) is 11.4 Å². The number of hydrogen-bond donors (Lipinski definition) is 2. The maximum absolute atomic E-state index is 13.5. The molecular weight excluding hydrogens is 316 g/mol. The summed E-state index contributed by atoms with van der Waals surface area (Å²) in [5.41, 5.74) is 1.86. The summed E-state index contributed by atoms with van der Waals surface area (Å²) in [6, 6.07) is 11.1. The number of H-pyrrole nitrogens is 1. The molecule has 7 heteroatoms. The fourth-order valence-corrected chi connectivity index (χ4v) is 2.17. The van der Waals surface area contributed by atoms with Gasteiger partial charge in [-0.1, -0.05) is 18.2 Å². The molecule has 2 heterocycles. The molecule has 0 saturated carbocycles. The number of rotatable bonds is 6. The van der Waals surface area contributed by atoms with Crippen molar-refractivity contribution in [1.29, 1.82) is 0 Å². The van der Waals surface area contributed by atoms with Gasteiger partial charge in [-0.15, -0.1) is 0 Å². The Balaban J connectivity index is 1.67. The summed E-state index contributed by atoms with van der Waals surface area (Å²) in [6.07, 6.45) is 3.19. The van der Waals surface area contributed by atoms with E-state index in [4.69, 9.17) is 9.84 Å². The zero-order chi connectivity index (χ0) is 17.0. The molecule has 3 aromatic rings. The van der Waals surface area contributed by atoms with Crippen LogP contribution in [0.2, 0.25) is 0 Å². The van der Waals surface area contributed by atoms with Crippen LogP contribution >= 0.6 is 0 Å². The predicted octanol–water partition coefficient (Wildman–Crippen LogP) is 3.13. The number of pyridine rings is 1. The van der Waals surface area contributed by atoms with E-state index in [9.17, 15) is 8.78 Å². The minimum atomic E-state index is -3.26. The summed E-state index contributed by atoms with van der Waals surface area (Å²) in [5, 5.41) is 15.4. The van der Waals surface area contributed by atoms with Crippen molar-refractivity contribution in [3.8, 4) is 17.1 Å². The number of aromatic nitrogens is 3. The molecule has 2 aromatic heterocycles. The number of ether oxygens (including phenoxy) is 1. The summed E-state index contributed by atoms with van der Waals surface area (Å²) in [4.78, 5) is 4.25. The molecule has 0 amide bonds. The molecule has 0 radical (unpaired) electrons. The van der Waals surface area contributed by atoms with Crippen molar-refractivity contribution in [2.75, 3.05) is 6.61 Å². The number of aliphatic hydroxyl groups excluding tert-OH is 1. The number of benzene rings is 1. The van der Waals surface area contributed by atoms with Gasteiger partial charge in [0.1, 0.15) is 19.0 Å². The molecule has 0 saturated heterocycles. The number of aromatic amines is 1. The first-order valence-corrected chi connectivity index (χ1v) is 7.25. The van der Waals surface area contributed by atoms with E-state index in [1.54, 1.807) is 36.7 Å². The Bertz CT molecular complexity index is 790. The van der Waals surface area contributed by atoms with E-state index in [1.807, 2.05) is 0 Å². The number of aliphatic hydroxyl groups is 1. The van der Waals surface area contributed by atoms with Crippen molar-refractivity contribution < 1.29 is 18.6 Å². The van der Waals surface area contributed by atoms with Gasteiger partial charge in [-0.05, 0) is 29.8 Å².